The molecule has 2 N–H and O–H groups in total. The van der Waals surface area contributed by atoms with Gasteiger partial charge in [0.2, 0.25) is 5.91 Å². The van der Waals surface area contributed by atoms with E-state index < -0.39 is 17.6 Å². The summed E-state index contributed by atoms with van der Waals surface area (Å²) < 4.78 is 38.1. The molecule has 1 amide bonds. The molecule has 0 fully saturated rings. The monoisotopic (exact) mass is 391 g/mol. The maximum absolute atomic E-state index is 12.7. The van der Waals surface area contributed by atoms with Crippen LogP contribution in [0.25, 0.3) is 11.3 Å². The first kappa shape index (κ1) is 19.0. The largest absolute Gasteiger partial charge is 0.416 e. The molecule has 0 atom stereocenters. The van der Waals surface area contributed by atoms with Gasteiger partial charge in [0.1, 0.15) is 0 Å². The lowest BCUT2D eigenvalue weighted by atomic mass is 10.1. The van der Waals surface area contributed by atoms with E-state index in [2.05, 4.69) is 15.3 Å². The first-order valence-electron chi connectivity index (χ1n) is 8.03. The van der Waals surface area contributed by atoms with Crippen LogP contribution < -0.4 is 5.32 Å². The highest BCUT2D eigenvalue weighted by atomic mass is 32.2. The Morgan fingerprint density at radius 1 is 1.19 bits per heavy atom. The number of carbonyl (C=O) groups is 1. The van der Waals surface area contributed by atoms with Gasteiger partial charge in [-0.25, -0.2) is 4.98 Å². The van der Waals surface area contributed by atoms with Gasteiger partial charge in [-0.15, -0.1) is 0 Å². The number of benzene rings is 2. The van der Waals surface area contributed by atoms with Crippen molar-refractivity contribution in [3.63, 3.8) is 0 Å². The van der Waals surface area contributed by atoms with Crippen molar-refractivity contribution in [1.29, 1.82) is 0 Å². The van der Waals surface area contributed by atoms with Crippen LogP contribution in [0.2, 0.25) is 0 Å². The molecule has 0 aliphatic carbocycles. The van der Waals surface area contributed by atoms with Crippen LogP contribution in [0.15, 0.2) is 59.9 Å². The molecule has 0 bridgehead atoms. The van der Waals surface area contributed by atoms with Gasteiger partial charge in [-0.1, -0.05) is 47.7 Å². The van der Waals surface area contributed by atoms with E-state index >= 15 is 0 Å². The number of thioether (sulfide) groups is 1. The van der Waals surface area contributed by atoms with E-state index in [1.165, 1.54) is 23.9 Å². The summed E-state index contributed by atoms with van der Waals surface area (Å²) in [7, 11) is 0. The quantitative estimate of drug-likeness (QED) is 0.593. The van der Waals surface area contributed by atoms with Crippen molar-refractivity contribution < 1.29 is 18.0 Å². The number of halogens is 3. The number of carbonyl (C=O) groups excluding carboxylic acids is 1. The average Bonchev–Trinajstić information content (AvgIpc) is 3.09. The topological polar surface area (TPSA) is 57.8 Å². The van der Waals surface area contributed by atoms with E-state index in [0.29, 0.717) is 5.16 Å². The van der Waals surface area contributed by atoms with Gasteiger partial charge in [-0.2, -0.15) is 13.2 Å². The number of anilines is 1. The van der Waals surface area contributed by atoms with Crippen molar-refractivity contribution in [1.82, 2.24) is 9.97 Å². The normalized spacial score (nSPS) is 11.4. The number of hydrogen-bond donors (Lipinski definition) is 2. The third kappa shape index (κ3) is 5.13. The van der Waals surface area contributed by atoms with Crippen LogP contribution >= 0.6 is 11.8 Å². The average molecular weight is 391 g/mol. The highest BCUT2D eigenvalue weighted by Crippen LogP contribution is 2.30. The van der Waals surface area contributed by atoms with Crippen LogP contribution in [-0.4, -0.2) is 21.6 Å². The van der Waals surface area contributed by atoms with Gasteiger partial charge in [0, 0.05) is 5.69 Å². The molecule has 0 aliphatic heterocycles. The van der Waals surface area contributed by atoms with Gasteiger partial charge < -0.3 is 10.3 Å². The fraction of sp³-hybridized carbons (Fsp3) is 0.158. The van der Waals surface area contributed by atoms with Gasteiger partial charge in [-0.05, 0) is 30.7 Å². The van der Waals surface area contributed by atoms with Gasteiger partial charge in [0.15, 0.2) is 5.16 Å². The van der Waals surface area contributed by atoms with E-state index in [1.54, 1.807) is 6.20 Å². The zero-order chi connectivity index (χ0) is 19.4. The molecule has 140 valence electrons. The molecule has 0 saturated heterocycles. The second-order valence-electron chi connectivity index (χ2n) is 5.88. The van der Waals surface area contributed by atoms with Crippen molar-refractivity contribution in [3.05, 3.63) is 65.9 Å². The predicted molar refractivity (Wildman–Crippen MR) is 99.6 cm³/mol. The first-order chi connectivity index (χ1) is 12.8. The van der Waals surface area contributed by atoms with Crippen molar-refractivity contribution >= 4 is 23.4 Å². The Kier molecular flexibility index (Phi) is 5.55. The summed E-state index contributed by atoms with van der Waals surface area (Å²) in [6, 6.07) is 12.5. The zero-order valence-electron chi connectivity index (χ0n) is 14.3. The summed E-state index contributed by atoms with van der Waals surface area (Å²) in [5.41, 5.74) is 2.26. The molecule has 3 aromatic rings. The molecule has 0 saturated carbocycles. The number of amides is 1. The zero-order valence-corrected chi connectivity index (χ0v) is 15.1. The van der Waals surface area contributed by atoms with E-state index in [4.69, 9.17) is 0 Å². The predicted octanol–water partition coefficient (Wildman–Crippen LogP) is 5.13. The van der Waals surface area contributed by atoms with Crippen molar-refractivity contribution in [2.45, 2.75) is 18.3 Å². The summed E-state index contributed by atoms with van der Waals surface area (Å²) in [5.74, 6) is -0.385. The highest BCUT2D eigenvalue weighted by molar-refractivity contribution is 7.99. The van der Waals surface area contributed by atoms with Crippen molar-refractivity contribution in [2.24, 2.45) is 0 Å². The van der Waals surface area contributed by atoms with E-state index in [-0.39, 0.29) is 11.4 Å². The Morgan fingerprint density at radius 3 is 2.63 bits per heavy atom. The molecular formula is C19H16F3N3OS. The number of rotatable bonds is 5. The third-order valence-electron chi connectivity index (χ3n) is 3.73. The van der Waals surface area contributed by atoms with E-state index in [1.807, 2.05) is 31.2 Å². The molecular weight excluding hydrogens is 375 g/mol. The van der Waals surface area contributed by atoms with Gasteiger partial charge in [0.25, 0.3) is 0 Å². The summed E-state index contributed by atoms with van der Waals surface area (Å²) in [6.45, 7) is 2.00. The van der Waals surface area contributed by atoms with Gasteiger partial charge >= 0.3 is 6.18 Å². The van der Waals surface area contributed by atoms with E-state index in [0.717, 1.165) is 29.0 Å². The molecule has 0 spiro atoms. The van der Waals surface area contributed by atoms with E-state index in [9.17, 15) is 18.0 Å². The van der Waals surface area contributed by atoms with Gasteiger partial charge in [-0.3, -0.25) is 4.79 Å². The lowest BCUT2D eigenvalue weighted by Crippen LogP contribution is -2.15. The second kappa shape index (κ2) is 7.87. The number of imidazole rings is 1. The maximum Gasteiger partial charge on any atom is 0.416 e. The first-order valence-corrected chi connectivity index (χ1v) is 9.02. The molecule has 1 heterocycles. The number of hydrogen-bond acceptors (Lipinski definition) is 3. The number of H-pyrrole nitrogens is 1. The number of aromatic nitrogens is 2. The maximum atomic E-state index is 12.7. The van der Waals surface area contributed by atoms with Crippen LogP contribution in [-0.2, 0) is 11.0 Å². The molecule has 8 heteroatoms. The molecule has 1 aromatic heterocycles. The van der Waals surface area contributed by atoms with Crippen LogP contribution in [0.3, 0.4) is 0 Å². The Labute approximate surface area is 158 Å². The number of nitrogens with zero attached hydrogens (tertiary/aromatic N) is 1. The van der Waals surface area contributed by atoms with Crippen LogP contribution in [0.1, 0.15) is 11.1 Å². The Morgan fingerprint density at radius 2 is 1.93 bits per heavy atom. The Hall–Kier alpha value is -2.74. The SMILES string of the molecule is Cc1ccc(-c2cnc(SCC(=O)Nc3cccc(C(F)(F)F)c3)[nH]2)cc1. The number of alkyl halides is 3. The molecule has 4 nitrogen and oxygen atoms in total. The number of aromatic amines is 1. The molecule has 2 aromatic carbocycles. The Bertz CT molecular complexity index is 936. The number of aryl methyl sites for hydroxylation is 1. The third-order valence-corrected chi connectivity index (χ3v) is 4.62. The fourth-order valence-corrected chi connectivity index (χ4v) is 3.01. The minimum absolute atomic E-state index is 0.0249. The lowest BCUT2D eigenvalue weighted by molar-refractivity contribution is -0.137. The molecule has 3 rings (SSSR count). The molecule has 0 aliphatic rings. The summed E-state index contributed by atoms with van der Waals surface area (Å²) in [6.07, 6.45) is -2.77. The number of nitrogens with one attached hydrogen (secondary N) is 2. The minimum atomic E-state index is -4.45. The minimum Gasteiger partial charge on any atom is -0.333 e. The van der Waals surface area contributed by atoms with Crippen LogP contribution in [0.4, 0.5) is 18.9 Å². The molecule has 0 radical (unpaired) electrons. The second-order valence-corrected chi connectivity index (χ2v) is 6.85. The highest BCUT2D eigenvalue weighted by Gasteiger charge is 2.30. The van der Waals surface area contributed by atoms with Gasteiger partial charge in [0.05, 0.1) is 23.2 Å². The lowest BCUT2D eigenvalue weighted by Gasteiger charge is -2.09. The summed E-state index contributed by atoms with van der Waals surface area (Å²) in [5, 5.41) is 3.03. The molecule has 0 unspecified atom stereocenters. The van der Waals surface area contributed by atoms with Crippen molar-refractivity contribution in [2.75, 3.05) is 11.1 Å². The smallest absolute Gasteiger partial charge is 0.333 e. The molecule has 27 heavy (non-hydrogen) atoms. The van der Waals surface area contributed by atoms with Crippen molar-refractivity contribution in [3.8, 4) is 11.3 Å². The summed E-state index contributed by atoms with van der Waals surface area (Å²) in [4.78, 5) is 19.3. The standard InChI is InChI=1S/C19H16F3N3OS/c1-12-5-7-13(8-6-12)16-10-23-18(25-16)27-11-17(26)24-15-4-2-3-14(9-15)19(20,21)22/h2-10H,11H2,1H3,(H,23,25)(H,24,26). The fourth-order valence-electron chi connectivity index (χ4n) is 2.36. The Balaban J connectivity index is 1.58. The van der Waals surface area contributed by atoms with Crippen LogP contribution in [0, 0.1) is 6.92 Å². The summed E-state index contributed by atoms with van der Waals surface area (Å²) >= 11 is 1.18. The van der Waals surface area contributed by atoms with Crippen LogP contribution in [0.5, 0.6) is 0 Å².